The summed E-state index contributed by atoms with van der Waals surface area (Å²) in [6.07, 6.45) is 3.73. The van der Waals surface area contributed by atoms with E-state index in [0.29, 0.717) is 5.92 Å². The minimum atomic E-state index is -3.56. The third kappa shape index (κ3) is 2.10. The van der Waals surface area contributed by atoms with Crippen LogP contribution in [-0.2, 0) is 10.0 Å². The normalized spacial score (nSPS) is 15.8. The van der Waals surface area contributed by atoms with Gasteiger partial charge in [0.05, 0.1) is 10.6 Å². The second-order valence-electron chi connectivity index (χ2n) is 4.35. The largest absolute Gasteiger partial charge is 0.282 e. The van der Waals surface area contributed by atoms with Crippen LogP contribution in [0.25, 0.3) is 0 Å². The first-order chi connectivity index (χ1) is 8.57. The van der Waals surface area contributed by atoms with Crippen molar-refractivity contribution in [3.63, 3.8) is 0 Å². The van der Waals surface area contributed by atoms with Gasteiger partial charge in [0.2, 0.25) is 0 Å². The number of aromatic nitrogens is 2. The van der Waals surface area contributed by atoms with Crippen molar-refractivity contribution in [3.05, 3.63) is 46.7 Å². The maximum atomic E-state index is 12.3. The Balaban J connectivity index is 1.99. The van der Waals surface area contributed by atoms with Crippen molar-refractivity contribution >= 4 is 26.0 Å². The molecule has 0 saturated heterocycles. The smallest absolute Gasteiger partial charge is 0.199 e. The summed E-state index contributed by atoms with van der Waals surface area (Å²) < 4.78 is 26.5. The van der Waals surface area contributed by atoms with E-state index in [1.165, 1.54) is 6.20 Å². The SMILES string of the molecule is O=S(=O)(c1ccc(Br)cc1)n1ccc(C2CC2)n1. The molecule has 0 atom stereocenters. The lowest BCUT2D eigenvalue weighted by atomic mass is 10.3. The average molecular weight is 327 g/mol. The maximum absolute atomic E-state index is 12.3. The Morgan fingerprint density at radius 3 is 2.44 bits per heavy atom. The summed E-state index contributed by atoms with van der Waals surface area (Å²) in [6, 6.07) is 8.33. The number of rotatable bonds is 3. The lowest BCUT2D eigenvalue weighted by molar-refractivity contribution is 0.579. The summed E-state index contributed by atoms with van der Waals surface area (Å²) in [5.41, 5.74) is 0.871. The second kappa shape index (κ2) is 4.20. The van der Waals surface area contributed by atoms with Crippen molar-refractivity contribution in [1.29, 1.82) is 0 Å². The molecule has 0 amide bonds. The van der Waals surface area contributed by atoms with Crippen LogP contribution in [0.2, 0.25) is 0 Å². The molecule has 1 heterocycles. The first kappa shape index (κ1) is 11.9. The number of benzene rings is 1. The van der Waals surface area contributed by atoms with E-state index in [9.17, 15) is 8.42 Å². The van der Waals surface area contributed by atoms with E-state index in [1.54, 1.807) is 30.3 Å². The molecule has 0 unspecified atom stereocenters. The minimum Gasteiger partial charge on any atom is -0.199 e. The maximum Gasteiger partial charge on any atom is 0.282 e. The highest BCUT2D eigenvalue weighted by Gasteiger charge is 2.27. The van der Waals surface area contributed by atoms with Gasteiger partial charge in [-0.2, -0.15) is 17.6 Å². The van der Waals surface area contributed by atoms with Crippen molar-refractivity contribution < 1.29 is 8.42 Å². The highest BCUT2D eigenvalue weighted by Crippen LogP contribution is 2.39. The van der Waals surface area contributed by atoms with Crippen LogP contribution < -0.4 is 0 Å². The average Bonchev–Trinajstić information content (AvgIpc) is 3.07. The van der Waals surface area contributed by atoms with Crippen LogP contribution in [0.15, 0.2) is 45.9 Å². The van der Waals surface area contributed by atoms with Crippen molar-refractivity contribution in [3.8, 4) is 0 Å². The monoisotopic (exact) mass is 326 g/mol. The van der Waals surface area contributed by atoms with Gasteiger partial charge >= 0.3 is 0 Å². The van der Waals surface area contributed by atoms with Gasteiger partial charge in [-0.15, -0.1) is 0 Å². The summed E-state index contributed by atoms with van der Waals surface area (Å²) in [4.78, 5) is 0.246. The van der Waals surface area contributed by atoms with Crippen molar-refractivity contribution in [2.24, 2.45) is 0 Å². The standard InChI is InChI=1S/C12H11BrN2O2S/c13-10-3-5-11(6-4-10)18(16,17)15-8-7-12(14-15)9-1-2-9/h3-9H,1-2H2. The van der Waals surface area contributed by atoms with Crippen LogP contribution in [0, 0.1) is 0 Å². The predicted molar refractivity (Wildman–Crippen MR) is 70.9 cm³/mol. The van der Waals surface area contributed by atoms with Crippen LogP contribution in [0.1, 0.15) is 24.5 Å². The number of hydrogen-bond donors (Lipinski definition) is 0. The van der Waals surface area contributed by atoms with E-state index >= 15 is 0 Å². The van der Waals surface area contributed by atoms with Gasteiger partial charge < -0.3 is 0 Å². The molecule has 1 aromatic heterocycles. The van der Waals surface area contributed by atoms with Gasteiger partial charge in [0.1, 0.15) is 0 Å². The molecule has 1 aliphatic carbocycles. The highest BCUT2D eigenvalue weighted by atomic mass is 79.9. The molecule has 0 spiro atoms. The zero-order chi connectivity index (χ0) is 12.8. The zero-order valence-corrected chi connectivity index (χ0v) is 11.9. The van der Waals surface area contributed by atoms with Gasteiger partial charge in [-0.25, -0.2) is 0 Å². The first-order valence-electron chi connectivity index (χ1n) is 5.64. The fourth-order valence-electron chi connectivity index (χ4n) is 1.77. The Labute approximate surface area is 114 Å². The number of hydrogen-bond acceptors (Lipinski definition) is 3. The summed E-state index contributed by atoms with van der Waals surface area (Å²) in [6.45, 7) is 0. The van der Waals surface area contributed by atoms with E-state index in [-0.39, 0.29) is 4.90 Å². The molecule has 6 heteroatoms. The molecule has 1 aliphatic rings. The zero-order valence-electron chi connectivity index (χ0n) is 9.45. The fraction of sp³-hybridized carbons (Fsp3) is 0.250. The summed E-state index contributed by atoms with van der Waals surface area (Å²) >= 11 is 3.28. The van der Waals surface area contributed by atoms with Crippen molar-refractivity contribution in [2.75, 3.05) is 0 Å². The lowest BCUT2D eigenvalue weighted by Crippen LogP contribution is -2.13. The molecule has 2 aromatic rings. The second-order valence-corrected chi connectivity index (χ2v) is 7.06. The predicted octanol–water partition coefficient (Wildman–Crippen LogP) is 2.76. The van der Waals surface area contributed by atoms with E-state index in [1.807, 2.05) is 0 Å². The van der Waals surface area contributed by atoms with Crippen LogP contribution in [-0.4, -0.2) is 17.6 Å². The van der Waals surface area contributed by atoms with Crippen LogP contribution in [0.4, 0.5) is 0 Å². The summed E-state index contributed by atoms with van der Waals surface area (Å²) in [5, 5.41) is 4.16. The summed E-state index contributed by atoms with van der Waals surface area (Å²) in [5.74, 6) is 0.450. The van der Waals surface area contributed by atoms with Crippen molar-refractivity contribution in [1.82, 2.24) is 9.19 Å². The van der Waals surface area contributed by atoms with Gasteiger partial charge in [-0.3, -0.25) is 0 Å². The molecule has 4 nitrogen and oxygen atoms in total. The third-order valence-electron chi connectivity index (χ3n) is 2.94. The quantitative estimate of drug-likeness (QED) is 0.871. The third-order valence-corrected chi connectivity index (χ3v) is 5.03. The molecular weight excluding hydrogens is 316 g/mol. The van der Waals surface area contributed by atoms with E-state index in [0.717, 1.165) is 27.1 Å². The lowest BCUT2D eigenvalue weighted by Gasteiger charge is -2.04. The topological polar surface area (TPSA) is 52.0 Å². The van der Waals surface area contributed by atoms with Gasteiger partial charge in [-0.1, -0.05) is 15.9 Å². The molecule has 18 heavy (non-hydrogen) atoms. The molecule has 0 bridgehead atoms. The van der Waals surface area contributed by atoms with Gasteiger partial charge in [0.15, 0.2) is 0 Å². The van der Waals surface area contributed by atoms with E-state index < -0.39 is 10.0 Å². The number of halogens is 1. The highest BCUT2D eigenvalue weighted by molar-refractivity contribution is 9.10. The van der Waals surface area contributed by atoms with Crippen LogP contribution in [0.5, 0.6) is 0 Å². The van der Waals surface area contributed by atoms with Gasteiger partial charge in [0, 0.05) is 16.6 Å². The first-order valence-corrected chi connectivity index (χ1v) is 7.87. The number of nitrogens with zero attached hydrogens (tertiary/aromatic N) is 2. The van der Waals surface area contributed by atoms with Gasteiger partial charge in [-0.05, 0) is 43.2 Å². The Hall–Kier alpha value is -1.14. The molecule has 0 N–H and O–H groups in total. The van der Waals surface area contributed by atoms with Crippen LogP contribution >= 0.6 is 15.9 Å². The Kier molecular flexibility index (Phi) is 2.79. The molecule has 1 saturated carbocycles. The molecule has 0 aliphatic heterocycles. The van der Waals surface area contributed by atoms with E-state index in [4.69, 9.17) is 0 Å². The van der Waals surface area contributed by atoms with Gasteiger partial charge in [0.25, 0.3) is 10.0 Å². The fourth-order valence-corrected chi connectivity index (χ4v) is 3.15. The van der Waals surface area contributed by atoms with E-state index in [2.05, 4.69) is 21.0 Å². The molecule has 3 rings (SSSR count). The Morgan fingerprint density at radius 2 is 1.83 bits per heavy atom. The van der Waals surface area contributed by atoms with Crippen LogP contribution in [0.3, 0.4) is 0 Å². The minimum absolute atomic E-state index is 0.246. The molecule has 0 radical (unpaired) electrons. The molecule has 94 valence electrons. The summed E-state index contributed by atoms with van der Waals surface area (Å²) in [7, 11) is -3.56. The Bertz CT molecular complexity index is 672. The van der Waals surface area contributed by atoms with Crippen molar-refractivity contribution in [2.45, 2.75) is 23.7 Å². The molecular formula is C12H11BrN2O2S. The molecule has 1 aromatic carbocycles. The molecule has 1 fully saturated rings. The Morgan fingerprint density at radius 1 is 1.17 bits per heavy atom.